The highest BCUT2D eigenvalue weighted by atomic mass is 19.4. The second-order valence-electron chi connectivity index (χ2n) is 6.55. The van der Waals surface area contributed by atoms with Gasteiger partial charge in [-0.2, -0.15) is 52.7 Å². The number of rotatable bonds is 0. The van der Waals surface area contributed by atoms with Gasteiger partial charge in [-0.25, -0.2) is 17.6 Å². The molecule has 0 N–H and O–H groups in total. The van der Waals surface area contributed by atoms with Gasteiger partial charge in [0.1, 0.15) is 0 Å². The quantitative estimate of drug-likeness (QED) is 0.420. The Bertz CT molecular complexity index is 714. The molecule has 2 bridgehead atoms. The van der Waals surface area contributed by atoms with Crippen LogP contribution in [0.15, 0.2) is 11.7 Å². The number of alkyl halides is 14. The normalized spacial score (nSPS) is 46.3. The number of hydrogen-bond acceptors (Lipinski definition) is 0. The van der Waals surface area contributed by atoms with Crippen molar-refractivity contribution in [3.05, 3.63) is 11.7 Å². The van der Waals surface area contributed by atoms with Gasteiger partial charge in [0.15, 0.2) is 11.7 Å². The van der Waals surface area contributed by atoms with Crippen LogP contribution in [0, 0.1) is 11.8 Å². The maximum atomic E-state index is 14.5. The third-order valence-corrected chi connectivity index (χ3v) is 5.34. The van der Waals surface area contributed by atoms with E-state index in [-0.39, 0.29) is 0 Å². The Hall–Kier alpha value is -1.38. The fourth-order valence-electron chi connectivity index (χ4n) is 3.90. The summed E-state index contributed by atoms with van der Waals surface area (Å²) in [5.74, 6) is -62.8. The molecule has 0 aliphatic heterocycles. The van der Waals surface area contributed by atoms with E-state index in [0.29, 0.717) is 0 Å². The van der Waals surface area contributed by atoms with Gasteiger partial charge in [0.25, 0.3) is 0 Å². The maximum absolute atomic E-state index is 14.5. The van der Waals surface area contributed by atoms with E-state index in [1.54, 1.807) is 0 Å². The highest BCUT2D eigenvalue weighted by molar-refractivity contribution is 5.48. The summed E-state index contributed by atoms with van der Waals surface area (Å²) in [7, 11) is 0. The number of hydrogen-bond donors (Lipinski definition) is 0. The van der Waals surface area contributed by atoms with Crippen molar-refractivity contribution in [2.24, 2.45) is 11.8 Å². The molecule has 0 aromatic rings. The van der Waals surface area contributed by atoms with Gasteiger partial charge in [0, 0.05) is 0 Å². The van der Waals surface area contributed by atoms with Crippen LogP contribution in [0.25, 0.3) is 0 Å². The molecule has 4 rings (SSSR count). The van der Waals surface area contributed by atoms with Crippen molar-refractivity contribution in [1.29, 1.82) is 0 Å². The number of fused-ring (bicyclic) bond motifs is 1. The Labute approximate surface area is 142 Å². The summed E-state index contributed by atoms with van der Waals surface area (Å²) in [6.07, 6.45) is 0. The van der Waals surface area contributed by atoms with Crippen LogP contribution in [0.5, 0.6) is 0 Å². The Morgan fingerprint density at radius 3 is 0.821 bits per heavy atom. The second-order valence-corrected chi connectivity index (χ2v) is 6.55. The van der Waals surface area contributed by atoms with E-state index < -0.39 is 70.4 Å². The van der Waals surface area contributed by atoms with Crippen LogP contribution >= 0.6 is 0 Å². The molecular weight excluding hydrogens is 448 g/mol. The lowest BCUT2D eigenvalue weighted by atomic mass is 9.47. The SMILES string of the molecule is FC1=C(F)C2(F)C3C(C(F)(F)C(F)(F)C(F)(F)C3(F)F)C1(F)C(F)(F)C2(F)F. The van der Waals surface area contributed by atoms with Crippen LogP contribution in [0.4, 0.5) is 70.2 Å². The van der Waals surface area contributed by atoms with E-state index >= 15 is 0 Å². The lowest BCUT2D eigenvalue weighted by molar-refractivity contribution is -0.486. The average Bonchev–Trinajstić information content (AvgIpc) is 2.52. The minimum atomic E-state index is -7.44. The minimum Gasteiger partial charge on any atom is -0.228 e. The highest BCUT2D eigenvalue weighted by Gasteiger charge is 3.04. The van der Waals surface area contributed by atoms with Gasteiger partial charge in [-0.15, -0.1) is 0 Å². The van der Waals surface area contributed by atoms with E-state index in [1.807, 2.05) is 0 Å². The fraction of sp³-hybridized carbons (Fsp3) is 0.833. The summed E-state index contributed by atoms with van der Waals surface area (Å²) in [5, 5.41) is 0. The molecule has 4 atom stereocenters. The first-order chi connectivity index (χ1) is 12.1. The second kappa shape index (κ2) is 4.52. The van der Waals surface area contributed by atoms with Crippen LogP contribution in [0.3, 0.4) is 0 Å². The largest absolute Gasteiger partial charge is 0.378 e. The molecule has 0 spiro atoms. The topological polar surface area (TPSA) is 0 Å². The van der Waals surface area contributed by atoms with E-state index in [2.05, 4.69) is 0 Å². The summed E-state index contributed by atoms with van der Waals surface area (Å²) in [6, 6.07) is 0. The molecule has 2 saturated carbocycles. The van der Waals surface area contributed by atoms with Crippen molar-refractivity contribution in [3.8, 4) is 0 Å². The molecule has 162 valence electrons. The molecule has 0 aromatic carbocycles. The first kappa shape index (κ1) is 21.3. The number of allylic oxidation sites excluding steroid dienone is 2. The van der Waals surface area contributed by atoms with Gasteiger partial charge < -0.3 is 0 Å². The standard InChI is InChI=1S/C12H2F16/c13-3-4(14)6(16)2-1(5(3,15)9(21,22)10(6,23)24)7(17,18)11(25,26)12(27,28)8(2,19)20/h1-2H. The molecule has 0 nitrogen and oxygen atoms in total. The summed E-state index contributed by atoms with van der Waals surface area (Å²) in [6.45, 7) is 0. The lowest BCUT2D eigenvalue weighted by Gasteiger charge is -2.64. The maximum Gasteiger partial charge on any atom is 0.378 e. The van der Waals surface area contributed by atoms with Crippen LogP contribution in [-0.4, -0.2) is 46.9 Å². The molecule has 0 heterocycles. The Balaban J connectivity index is 2.56. The highest BCUT2D eigenvalue weighted by Crippen LogP contribution is 2.80. The van der Waals surface area contributed by atoms with Crippen LogP contribution in [0.2, 0.25) is 0 Å². The first-order valence-corrected chi connectivity index (χ1v) is 6.76. The van der Waals surface area contributed by atoms with E-state index in [0.717, 1.165) is 0 Å². The minimum absolute atomic E-state index is 4.14. The third kappa shape index (κ3) is 1.47. The van der Waals surface area contributed by atoms with Gasteiger partial charge >= 0.3 is 35.5 Å². The zero-order valence-electron chi connectivity index (χ0n) is 12.2. The average molecular weight is 450 g/mol. The zero-order chi connectivity index (χ0) is 22.3. The predicted molar refractivity (Wildman–Crippen MR) is 53.6 cm³/mol. The molecule has 0 radical (unpaired) electrons. The predicted octanol–water partition coefficient (Wildman–Crippen LogP) is 5.64. The van der Waals surface area contributed by atoms with Crippen LogP contribution in [0.1, 0.15) is 0 Å². The molecule has 4 aliphatic carbocycles. The Morgan fingerprint density at radius 1 is 0.393 bits per heavy atom. The Kier molecular flexibility index (Phi) is 3.44. The van der Waals surface area contributed by atoms with Crippen LogP contribution in [-0.2, 0) is 0 Å². The van der Waals surface area contributed by atoms with Crippen LogP contribution < -0.4 is 0 Å². The van der Waals surface area contributed by atoms with E-state index in [9.17, 15) is 70.2 Å². The molecule has 16 heteroatoms. The molecule has 2 fully saturated rings. The van der Waals surface area contributed by atoms with Gasteiger partial charge in [0.2, 0.25) is 11.3 Å². The number of halogens is 16. The summed E-state index contributed by atoms with van der Waals surface area (Å²) >= 11 is 0. The molecule has 0 amide bonds. The van der Waals surface area contributed by atoms with Crippen molar-refractivity contribution >= 4 is 0 Å². The van der Waals surface area contributed by atoms with Gasteiger partial charge in [-0.3, -0.25) is 0 Å². The van der Waals surface area contributed by atoms with E-state index in [1.165, 1.54) is 0 Å². The first-order valence-electron chi connectivity index (χ1n) is 6.76. The molecule has 28 heavy (non-hydrogen) atoms. The van der Waals surface area contributed by atoms with E-state index in [4.69, 9.17) is 0 Å². The van der Waals surface area contributed by atoms with Crippen molar-refractivity contribution in [3.63, 3.8) is 0 Å². The van der Waals surface area contributed by atoms with Gasteiger partial charge in [-0.05, 0) is 0 Å². The molecule has 4 aliphatic rings. The smallest absolute Gasteiger partial charge is 0.228 e. The molecular formula is C12H2F16. The third-order valence-electron chi connectivity index (χ3n) is 5.34. The van der Waals surface area contributed by atoms with Crippen molar-refractivity contribution in [2.45, 2.75) is 46.9 Å². The molecule has 4 unspecified atom stereocenters. The Morgan fingerprint density at radius 2 is 0.607 bits per heavy atom. The van der Waals surface area contributed by atoms with Crippen molar-refractivity contribution in [2.75, 3.05) is 0 Å². The van der Waals surface area contributed by atoms with Crippen molar-refractivity contribution < 1.29 is 70.2 Å². The molecule has 0 aromatic heterocycles. The lowest BCUT2D eigenvalue weighted by Crippen LogP contribution is -2.89. The zero-order valence-corrected chi connectivity index (χ0v) is 12.2. The van der Waals surface area contributed by atoms with Gasteiger partial charge in [0.05, 0.1) is 11.8 Å². The summed E-state index contributed by atoms with van der Waals surface area (Å²) in [5.41, 5.74) is -13.4. The van der Waals surface area contributed by atoms with Crippen molar-refractivity contribution in [1.82, 2.24) is 0 Å². The molecule has 0 saturated heterocycles. The summed E-state index contributed by atoms with van der Waals surface area (Å²) in [4.78, 5) is 0. The monoisotopic (exact) mass is 450 g/mol. The fourth-order valence-corrected chi connectivity index (χ4v) is 3.90. The summed E-state index contributed by atoms with van der Waals surface area (Å²) < 4.78 is 220. The van der Waals surface area contributed by atoms with Gasteiger partial charge in [-0.1, -0.05) is 0 Å².